The normalized spacial score (nSPS) is 12.1. The van der Waals surface area contributed by atoms with Crippen LogP contribution < -0.4 is 10.5 Å². The lowest BCUT2D eigenvalue weighted by atomic mass is 10.00. The summed E-state index contributed by atoms with van der Waals surface area (Å²) in [5.41, 5.74) is 7.49. The van der Waals surface area contributed by atoms with E-state index in [4.69, 9.17) is 10.5 Å². The number of nitrogens with two attached hydrogens (primary N) is 1. The molecule has 2 aromatic rings. The van der Waals surface area contributed by atoms with Gasteiger partial charge in [-0.1, -0.05) is 18.2 Å². The van der Waals surface area contributed by atoms with E-state index in [1.54, 1.807) is 43.5 Å². The molecular weight excluding hydrogens is 230 g/mol. The molecule has 0 spiro atoms. The summed E-state index contributed by atoms with van der Waals surface area (Å²) < 4.78 is 5.05. The van der Waals surface area contributed by atoms with Crippen molar-refractivity contribution in [1.82, 2.24) is 0 Å². The Hall–Kier alpha value is -2.20. The fourth-order valence-electron chi connectivity index (χ4n) is 1.80. The number of methoxy groups -OCH3 is 1. The summed E-state index contributed by atoms with van der Waals surface area (Å²) in [6.07, 6.45) is -0.872. The predicted molar refractivity (Wildman–Crippen MR) is 69.6 cm³/mol. The molecule has 0 aromatic heterocycles. The van der Waals surface area contributed by atoms with Crippen molar-refractivity contribution in [1.29, 1.82) is 0 Å². The molecule has 1 atom stereocenters. The van der Waals surface area contributed by atoms with Gasteiger partial charge in [0.05, 0.1) is 7.11 Å². The second-order valence-electron chi connectivity index (χ2n) is 3.99. The first kappa shape index (κ1) is 12.3. The monoisotopic (exact) mass is 245 g/mol. The van der Waals surface area contributed by atoms with Crippen LogP contribution in [-0.2, 0) is 0 Å². The van der Waals surface area contributed by atoms with Crippen molar-refractivity contribution in [3.05, 3.63) is 53.6 Å². The molecule has 94 valence electrons. The molecule has 0 bridgehead atoms. The first-order chi connectivity index (χ1) is 8.61. The molecule has 0 fully saturated rings. The number of nitrogen functional groups attached to an aromatic ring is 1. The van der Waals surface area contributed by atoms with Crippen LogP contribution in [0, 0.1) is 0 Å². The smallest absolute Gasteiger partial charge is 0.120 e. The van der Waals surface area contributed by atoms with Crippen molar-refractivity contribution in [3.63, 3.8) is 0 Å². The highest BCUT2D eigenvalue weighted by Gasteiger charge is 2.14. The average molecular weight is 245 g/mol. The van der Waals surface area contributed by atoms with Crippen molar-refractivity contribution in [2.24, 2.45) is 0 Å². The van der Waals surface area contributed by atoms with Crippen molar-refractivity contribution in [2.45, 2.75) is 6.10 Å². The lowest BCUT2D eigenvalue weighted by Crippen LogP contribution is -2.04. The van der Waals surface area contributed by atoms with Crippen LogP contribution in [0.2, 0.25) is 0 Å². The summed E-state index contributed by atoms with van der Waals surface area (Å²) >= 11 is 0. The van der Waals surface area contributed by atoms with E-state index >= 15 is 0 Å². The molecule has 18 heavy (non-hydrogen) atoms. The van der Waals surface area contributed by atoms with E-state index in [1.807, 2.05) is 0 Å². The zero-order valence-electron chi connectivity index (χ0n) is 10.00. The summed E-state index contributed by atoms with van der Waals surface area (Å²) in [7, 11) is 1.56. The van der Waals surface area contributed by atoms with Gasteiger partial charge in [0.15, 0.2) is 0 Å². The van der Waals surface area contributed by atoms with Gasteiger partial charge in [-0.05, 0) is 23.8 Å². The molecule has 2 rings (SSSR count). The van der Waals surface area contributed by atoms with E-state index in [-0.39, 0.29) is 5.75 Å². The molecule has 1 unspecified atom stereocenters. The molecule has 4 heteroatoms. The van der Waals surface area contributed by atoms with Gasteiger partial charge in [0.2, 0.25) is 0 Å². The van der Waals surface area contributed by atoms with Gasteiger partial charge < -0.3 is 20.7 Å². The highest BCUT2D eigenvalue weighted by atomic mass is 16.5. The zero-order chi connectivity index (χ0) is 13.1. The van der Waals surface area contributed by atoms with Crippen LogP contribution in [-0.4, -0.2) is 17.3 Å². The number of hydrogen-bond donors (Lipinski definition) is 3. The maximum atomic E-state index is 10.2. The Kier molecular flexibility index (Phi) is 3.39. The maximum Gasteiger partial charge on any atom is 0.120 e. The minimum atomic E-state index is -0.872. The standard InChI is InChI=1S/C14H15NO3/c1-18-11-5-6-12(13(15)8-11)14(17)9-3-2-4-10(16)7-9/h2-8,14,16-17H,15H2,1H3. The number of ether oxygens (including phenoxy) is 1. The summed E-state index contributed by atoms with van der Waals surface area (Å²) in [4.78, 5) is 0. The first-order valence-electron chi connectivity index (χ1n) is 5.52. The molecule has 4 nitrogen and oxygen atoms in total. The lowest BCUT2D eigenvalue weighted by molar-refractivity contribution is 0.220. The fourth-order valence-corrected chi connectivity index (χ4v) is 1.80. The minimum Gasteiger partial charge on any atom is -0.508 e. The Labute approximate surface area is 105 Å². The van der Waals surface area contributed by atoms with E-state index in [0.29, 0.717) is 22.6 Å². The van der Waals surface area contributed by atoms with E-state index < -0.39 is 6.10 Å². The molecule has 2 aromatic carbocycles. The molecule has 0 aliphatic heterocycles. The third-order valence-electron chi connectivity index (χ3n) is 2.77. The van der Waals surface area contributed by atoms with Crippen LogP contribution >= 0.6 is 0 Å². The summed E-state index contributed by atoms with van der Waals surface area (Å²) in [5, 5.41) is 19.6. The zero-order valence-corrected chi connectivity index (χ0v) is 10.00. The number of rotatable bonds is 3. The Bertz CT molecular complexity index is 554. The number of phenolic OH excluding ortho intramolecular Hbond substituents is 1. The predicted octanol–water partition coefficient (Wildman–Crippen LogP) is 2.06. The van der Waals surface area contributed by atoms with Gasteiger partial charge in [0, 0.05) is 17.3 Å². The van der Waals surface area contributed by atoms with Crippen molar-refractivity contribution in [2.75, 3.05) is 12.8 Å². The SMILES string of the molecule is COc1ccc(C(O)c2cccc(O)c2)c(N)c1. The Morgan fingerprint density at radius 1 is 1.17 bits per heavy atom. The van der Waals surface area contributed by atoms with Crippen LogP contribution in [0.15, 0.2) is 42.5 Å². The van der Waals surface area contributed by atoms with Crippen molar-refractivity contribution >= 4 is 5.69 Å². The molecular formula is C14H15NO3. The van der Waals surface area contributed by atoms with Gasteiger partial charge in [0.25, 0.3) is 0 Å². The first-order valence-corrected chi connectivity index (χ1v) is 5.52. The lowest BCUT2D eigenvalue weighted by Gasteiger charge is -2.15. The highest BCUT2D eigenvalue weighted by molar-refractivity contribution is 5.54. The fraction of sp³-hybridized carbons (Fsp3) is 0.143. The van der Waals surface area contributed by atoms with Crippen molar-refractivity contribution < 1.29 is 14.9 Å². The topological polar surface area (TPSA) is 75.7 Å². The second-order valence-corrected chi connectivity index (χ2v) is 3.99. The number of aromatic hydroxyl groups is 1. The number of aliphatic hydroxyl groups is 1. The molecule has 4 N–H and O–H groups in total. The third-order valence-corrected chi connectivity index (χ3v) is 2.77. The molecule has 0 aliphatic carbocycles. The number of anilines is 1. The van der Waals surface area contributed by atoms with Gasteiger partial charge in [-0.3, -0.25) is 0 Å². The quantitative estimate of drug-likeness (QED) is 0.723. The van der Waals surface area contributed by atoms with Gasteiger partial charge in [0.1, 0.15) is 17.6 Å². The van der Waals surface area contributed by atoms with Crippen LogP contribution in [0.3, 0.4) is 0 Å². The second kappa shape index (κ2) is 4.98. The van der Waals surface area contributed by atoms with Crippen LogP contribution in [0.25, 0.3) is 0 Å². The summed E-state index contributed by atoms with van der Waals surface area (Å²) in [6, 6.07) is 11.6. The van der Waals surface area contributed by atoms with Crippen molar-refractivity contribution in [3.8, 4) is 11.5 Å². The van der Waals surface area contributed by atoms with Crippen LogP contribution in [0.5, 0.6) is 11.5 Å². The molecule has 0 aliphatic rings. The summed E-state index contributed by atoms with van der Waals surface area (Å²) in [5.74, 6) is 0.748. The Morgan fingerprint density at radius 3 is 2.56 bits per heavy atom. The Balaban J connectivity index is 2.37. The average Bonchev–Trinajstić information content (AvgIpc) is 2.37. The minimum absolute atomic E-state index is 0.110. The number of phenols is 1. The van der Waals surface area contributed by atoms with Gasteiger partial charge >= 0.3 is 0 Å². The maximum absolute atomic E-state index is 10.2. The molecule has 0 amide bonds. The molecule has 0 saturated heterocycles. The Morgan fingerprint density at radius 2 is 1.94 bits per heavy atom. The molecule has 0 heterocycles. The van der Waals surface area contributed by atoms with Crippen LogP contribution in [0.4, 0.5) is 5.69 Å². The summed E-state index contributed by atoms with van der Waals surface area (Å²) in [6.45, 7) is 0. The molecule has 0 radical (unpaired) electrons. The van der Waals surface area contributed by atoms with E-state index in [2.05, 4.69) is 0 Å². The number of aliphatic hydroxyl groups excluding tert-OH is 1. The van der Waals surface area contributed by atoms with E-state index in [1.165, 1.54) is 6.07 Å². The third kappa shape index (κ3) is 2.38. The van der Waals surface area contributed by atoms with Gasteiger partial charge in [-0.25, -0.2) is 0 Å². The number of benzene rings is 2. The van der Waals surface area contributed by atoms with Gasteiger partial charge in [-0.15, -0.1) is 0 Å². The van der Waals surface area contributed by atoms with E-state index in [0.717, 1.165) is 0 Å². The highest BCUT2D eigenvalue weighted by Crippen LogP contribution is 2.30. The number of hydrogen-bond acceptors (Lipinski definition) is 4. The van der Waals surface area contributed by atoms with Gasteiger partial charge in [-0.2, -0.15) is 0 Å². The van der Waals surface area contributed by atoms with E-state index in [9.17, 15) is 10.2 Å². The molecule has 0 saturated carbocycles. The van der Waals surface area contributed by atoms with Crippen LogP contribution in [0.1, 0.15) is 17.2 Å². The largest absolute Gasteiger partial charge is 0.508 e.